The maximum atomic E-state index is 14.4. The lowest BCUT2D eigenvalue weighted by Crippen LogP contribution is -2.15. The van der Waals surface area contributed by atoms with Crippen LogP contribution in [0.1, 0.15) is 36.1 Å². The van der Waals surface area contributed by atoms with Gasteiger partial charge in [0.1, 0.15) is 29.4 Å². The Balaban J connectivity index is 1.55. The Hall–Kier alpha value is -4.42. The maximum absolute atomic E-state index is 14.4. The molecule has 35 heavy (non-hydrogen) atoms. The Labute approximate surface area is 195 Å². The Morgan fingerprint density at radius 1 is 1.11 bits per heavy atom. The predicted octanol–water partition coefficient (Wildman–Crippen LogP) is 4.91. The van der Waals surface area contributed by atoms with Crippen molar-refractivity contribution in [2.45, 2.75) is 26.1 Å². The second kappa shape index (κ2) is 9.44. The molecule has 0 aliphatic carbocycles. The monoisotopic (exact) mass is 487 g/mol. The van der Waals surface area contributed by atoms with Gasteiger partial charge in [-0.3, -0.25) is 4.79 Å². The van der Waals surface area contributed by atoms with Gasteiger partial charge in [-0.25, -0.2) is 14.4 Å². The van der Waals surface area contributed by atoms with Gasteiger partial charge in [-0.15, -0.1) is 10.2 Å². The first-order valence-corrected chi connectivity index (χ1v) is 10.2. The summed E-state index contributed by atoms with van der Waals surface area (Å²) in [4.78, 5) is 23.5. The number of carbonyl (C=O) groups excluding carboxylic acids is 1. The summed E-state index contributed by atoms with van der Waals surface area (Å²) in [7, 11) is 0. The number of rotatable bonds is 6. The van der Waals surface area contributed by atoms with Crippen molar-refractivity contribution in [3.05, 3.63) is 72.2 Å². The van der Waals surface area contributed by atoms with Crippen LogP contribution in [0.4, 0.5) is 23.4 Å². The Morgan fingerprint density at radius 3 is 2.66 bits per heavy atom. The van der Waals surface area contributed by atoms with E-state index in [0.717, 1.165) is 30.5 Å². The molecule has 13 heteroatoms. The quantitative estimate of drug-likeness (QED) is 0.385. The lowest BCUT2D eigenvalue weighted by atomic mass is 10.2. The van der Waals surface area contributed by atoms with E-state index in [2.05, 4.69) is 30.5 Å². The van der Waals surface area contributed by atoms with Gasteiger partial charge in [0.25, 0.3) is 5.91 Å². The van der Waals surface area contributed by atoms with Crippen molar-refractivity contribution in [3.8, 4) is 23.1 Å². The molecule has 0 atom stereocenters. The summed E-state index contributed by atoms with van der Waals surface area (Å²) >= 11 is 0. The minimum atomic E-state index is -4.77. The summed E-state index contributed by atoms with van der Waals surface area (Å²) in [5.41, 5.74) is 0.0286. The summed E-state index contributed by atoms with van der Waals surface area (Å²) in [5.74, 6) is -3.02. The number of aromatic nitrogens is 6. The number of nitrogens with zero attached hydrogens (tertiary/aromatic N) is 6. The number of benzene rings is 1. The van der Waals surface area contributed by atoms with Gasteiger partial charge < -0.3 is 14.6 Å². The number of halogens is 4. The zero-order valence-corrected chi connectivity index (χ0v) is 18.3. The molecule has 0 unspecified atom stereocenters. The lowest BCUT2D eigenvalue weighted by Gasteiger charge is -2.11. The molecule has 0 bridgehead atoms. The fraction of sp³-hybridized carbons (Fsp3) is 0.182. The fourth-order valence-electron chi connectivity index (χ4n) is 3.01. The molecular formula is C22H17F4N7O2. The minimum Gasteiger partial charge on any atom is -0.439 e. The van der Waals surface area contributed by atoms with E-state index in [9.17, 15) is 22.4 Å². The zero-order valence-electron chi connectivity index (χ0n) is 18.3. The number of carbonyl (C=O) groups is 1. The number of hydrogen-bond acceptors (Lipinski definition) is 7. The van der Waals surface area contributed by atoms with Gasteiger partial charge in [0.05, 0.1) is 5.56 Å². The summed E-state index contributed by atoms with van der Waals surface area (Å²) in [6.07, 6.45) is -2.33. The SMILES string of the molecule is CC(C)n1cnnc1-c1cccc(NC(=O)c2cc(Oc3ccnc(C(F)(F)F)n3)ccc2F)n1. The van der Waals surface area contributed by atoms with Crippen molar-refractivity contribution in [2.24, 2.45) is 0 Å². The number of hydrogen-bond donors (Lipinski definition) is 1. The standard InChI is InChI=1S/C22H17F4N7O2/c1-12(2)33-11-28-32-19(33)16-4-3-5-17(29-16)30-20(34)14-10-13(6-7-15(14)23)35-18-8-9-27-21(31-18)22(24,25)26/h3-12H,1-2H3,(H,29,30,34). The van der Waals surface area contributed by atoms with Crippen LogP contribution >= 0.6 is 0 Å². The molecule has 180 valence electrons. The van der Waals surface area contributed by atoms with Crippen molar-refractivity contribution in [1.82, 2.24) is 29.7 Å². The van der Waals surface area contributed by atoms with E-state index in [1.54, 1.807) is 23.0 Å². The van der Waals surface area contributed by atoms with Crippen LogP contribution in [-0.4, -0.2) is 35.6 Å². The van der Waals surface area contributed by atoms with Crippen molar-refractivity contribution >= 4 is 11.7 Å². The Kier molecular flexibility index (Phi) is 6.40. The molecule has 4 rings (SSSR count). The van der Waals surface area contributed by atoms with Crippen LogP contribution in [-0.2, 0) is 6.18 Å². The van der Waals surface area contributed by atoms with E-state index in [-0.39, 0.29) is 17.6 Å². The molecule has 0 aliphatic rings. The normalized spacial score (nSPS) is 11.5. The summed E-state index contributed by atoms with van der Waals surface area (Å²) in [6.45, 7) is 3.89. The number of nitrogens with one attached hydrogen (secondary N) is 1. The summed E-state index contributed by atoms with van der Waals surface area (Å²) < 4.78 is 59.9. The first kappa shape index (κ1) is 23.7. The number of alkyl halides is 3. The second-order valence-corrected chi connectivity index (χ2v) is 7.48. The molecule has 0 saturated carbocycles. The minimum absolute atomic E-state index is 0.0685. The molecular weight excluding hydrogens is 470 g/mol. The topological polar surface area (TPSA) is 108 Å². The zero-order chi connectivity index (χ0) is 25.2. The van der Waals surface area contributed by atoms with Gasteiger partial charge in [0.15, 0.2) is 5.82 Å². The highest BCUT2D eigenvalue weighted by atomic mass is 19.4. The highest BCUT2D eigenvalue weighted by molar-refractivity contribution is 6.04. The predicted molar refractivity (Wildman–Crippen MR) is 115 cm³/mol. The third-order valence-electron chi connectivity index (χ3n) is 4.64. The Morgan fingerprint density at radius 2 is 1.91 bits per heavy atom. The van der Waals surface area contributed by atoms with Gasteiger partial charge in [-0.1, -0.05) is 6.07 Å². The van der Waals surface area contributed by atoms with Crippen LogP contribution in [0.3, 0.4) is 0 Å². The first-order valence-electron chi connectivity index (χ1n) is 10.2. The molecule has 3 heterocycles. The Bertz CT molecular complexity index is 1370. The molecule has 0 spiro atoms. The number of pyridine rings is 1. The van der Waals surface area contributed by atoms with Crippen molar-refractivity contribution in [3.63, 3.8) is 0 Å². The van der Waals surface area contributed by atoms with Crippen molar-refractivity contribution < 1.29 is 27.1 Å². The van der Waals surface area contributed by atoms with Crippen molar-refractivity contribution in [2.75, 3.05) is 5.32 Å². The summed E-state index contributed by atoms with van der Waals surface area (Å²) in [6, 6.07) is 9.15. The third-order valence-corrected chi connectivity index (χ3v) is 4.64. The highest BCUT2D eigenvalue weighted by Crippen LogP contribution is 2.29. The number of ether oxygens (including phenoxy) is 1. The summed E-state index contributed by atoms with van der Waals surface area (Å²) in [5, 5.41) is 10.4. The van der Waals surface area contributed by atoms with Crippen LogP contribution < -0.4 is 10.1 Å². The van der Waals surface area contributed by atoms with Crippen LogP contribution in [0.5, 0.6) is 11.6 Å². The van der Waals surface area contributed by atoms with Gasteiger partial charge in [-0.05, 0) is 44.2 Å². The second-order valence-electron chi connectivity index (χ2n) is 7.48. The van der Waals surface area contributed by atoms with Gasteiger partial charge in [0, 0.05) is 18.3 Å². The van der Waals surface area contributed by atoms with Gasteiger partial charge in [0.2, 0.25) is 11.7 Å². The number of amides is 1. The average Bonchev–Trinajstić information content (AvgIpc) is 3.31. The molecule has 0 aliphatic heterocycles. The largest absolute Gasteiger partial charge is 0.451 e. The van der Waals surface area contributed by atoms with Crippen LogP contribution in [0.15, 0.2) is 55.0 Å². The molecule has 0 fully saturated rings. The van der Waals surface area contributed by atoms with E-state index < -0.39 is 35.2 Å². The van der Waals surface area contributed by atoms with Gasteiger partial charge >= 0.3 is 6.18 Å². The highest BCUT2D eigenvalue weighted by Gasteiger charge is 2.35. The van der Waals surface area contributed by atoms with E-state index in [4.69, 9.17) is 4.74 Å². The molecule has 4 aromatic rings. The molecule has 1 aromatic carbocycles. The molecule has 0 radical (unpaired) electrons. The molecule has 1 amide bonds. The fourth-order valence-corrected chi connectivity index (χ4v) is 3.01. The van der Waals surface area contributed by atoms with E-state index in [0.29, 0.717) is 11.5 Å². The van der Waals surface area contributed by atoms with Crippen LogP contribution in [0, 0.1) is 5.82 Å². The maximum Gasteiger partial charge on any atom is 0.451 e. The molecule has 1 N–H and O–H groups in total. The lowest BCUT2D eigenvalue weighted by molar-refractivity contribution is -0.145. The molecule has 3 aromatic heterocycles. The van der Waals surface area contributed by atoms with Crippen molar-refractivity contribution in [1.29, 1.82) is 0 Å². The molecule has 9 nitrogen and oxygen atoms in total. The van der Waals surface area contributed by atoms with E-state index in [1.807, 2.05) is 13.8 Å². The average molecular weight is 487 g/mol. The first-order chi connectivity index (χ1) is 16.6. The van der Waals surface area contributed by atoms with Crippen LogP contribution in [0.2, 0.25) is 0 Å². The van der Waals surface area contributed by atoms with Gasteiger partial charge in [-0.2, -0.15) is 18.2 Å². The molecule has 0 saturated heterocycles. The third kappa shape index (κ3) is 5.39. The number of anilines is 1. The smallest absolute Gasteiger partial charge is 0.439 e. The van der Waals surface area contributed by atoms with Crippen LogP contribution in [0.25, 0.3) is 11.5 Å². The van der Waals surface area contributed by atoms with E-state index in [1.165, 1.54) is 6.07 Å². The van der Waals surface area contributed by atoms with E-state index >= 15 is 0 Å².